The van der Waals surface area contributed by atoms with Crippen molar-refractivity contribution in [2.45, 2.75) is 19.3 Å². The van der Waals surface area contributed by atoms with Gasteiger partial charge in [-0.15, -0.1) is 11.3 Å². The summed E-state index contributed by atoms with van der Waals surface area (Å²) in [5.41, 5.74) is 4.17. The third-order valence-electron chi connectivity index (χ3n) is 5.52. The summed E-state index contributed by atoms with van der Waals surface area (Å²) in [6, 6.07) is 13.0. The lowest BCUT2D eigenvalue weighted by atomic mass is 10.1. The molecule has 11 heteroatoms. The fourth-order valence-electron chi connectivity index (χ4n) is 3.74. The van der Waals surface area contributed by atoms with E-state index < -0.39 is 23.8 Å². The van der Waals surface area contributed by atoms with E-state index in [0.29, 0.717) is 22.4 Å². The molecular formula is C26H23N3O7S. The van der Waals surface area contributed by atoms with Crippen molar-refractivity contribution in [2.75, 3.05) is 19.5 Å². The average Bonchev–Trinajstić information content (AvgIpc) is 3.49. The van der Waals surface area contributed by atoms with E-state index in [0.717, 1.165) is 29.7 Å². The lowest BCUT2D eigenvalue weighted by Gasteiger charge is -2.06. The summed E-state index contributed by atoms with van der Waals surface area (Å²) in [7, 11) is 2.80. The number of nitrogens with zero attached hydrogens (tertiary/aromatic N) is 1. The number of fused-ring (bicyclic) bond motifs is 1. The van der Waals surface area contributed by atoms with Crippen molar-refractivity contribution in [1.29, 1.82) is 0 Å². The van der Waals surface area contributed by atoms with Crippen LogP contribution in [0.3, 0.4) is 0 Å². The lowest BCUT2D eigenvalue weighted by molar-refractivity contribution is -0.136. The van der Waals surface area contributed by atoms with Crippen LogP contribution >= 0.6 is 11.3 Å². The number of ether oxygens (including phenoxy) is 3. The van der Waals surface area contributed by atoms with Gasteiger partial charge in [-0.25, -0.2) is 15.0 Å². The standard InChI is InChI=1S/C26H23N3O7S/c1-34-17-11-9-16(10-12-17)25(32)36-18-6-3-5-15(13-18)14-27-29-23(31)22(30)28-24-21(26(33)35-2)19-7-4-8-20(19)37-24/h3,5-6,9-14H,4,7-8H2,1-2H3,(H,28,30)(H,29,31). The minimum absolute atomic E-state index is 0.273. The number of methoxy groups -OCH3 is 2. The van der Waals surface area contributed by atoms with Crippen LogP contribution in [0.4, 0.5) is 5.00 Å². The third kappa shape index (κ3) is 6.01. The summed E-state index contributed by atoms with van der Waals surface area (Å²) in [4.78, 5) is 50.2. The van der Waals surface area contributed by atoms with Crippen LogP contribution in [-0.2, 0) is 27.2 Å². The van der Waals surface area contributed by atoms with E-state index in [-0.39, 0.29) is 10.8 Å². The van der Waals surface area contributed by atoms with Gasteiger partial charge in [-0.2, -0.15) is 5.10 Å². The van der Waals surface area contributed by atoms with Crippen LogP contribution in [0, 0.1) is 0 Å². The van der Waals surface area contributed by atoms with Crippen LogP contribution in [0.25, 0.3) is 0 Å². The molecule has 0 radical (unpaired) electrons. The molecule has 0 saturated heterocycles. The zero-order valence-corrected chi connectivity index (χ0v) is 20.8. The zero-order chi connectivity index (χ0) is 26.4. The van der Waals surface area contributed by atoms with E-state index in [1.165, 1.54) is 31.8 Å². The first-order valence-electron chi connectivity index (χ1n) is 11.2. The summed E-state index contributed by atoms with van der Waals surface area (Å²) in [5, 5.41) is 6.57. The number of hydrazone groups is 1. The molecule has 10 nitrogen and oxygen atoms in total. The van der Waals surface area contributed by atoms with Gasteiger partial charge in [0.15, 0.2) is 0 Å². The van der Waals surface area contributed by atoms with Crippen LogP contribution in [0.1, 0.15) is 43.1 Å². The Bertz CT molecular complexity index is 1380. The number of hydrogen-bond donors (Lipinski definition) is 2. The molecule has 4 rings (SSSR count). The number of carbonyl (C=O) groups is 4. The Hall–Kier alpha value is -4.51. The normalized spacial score (nSPS) is 12.1. The molecule has 1 heterocycles. The Labute approximate surface area is 216 Å². The number of anilines is 1. The second-order valence-corrected chi connectivity index (χ2v) is 9.00. The first kappa shape index (κ1) is 25.6. The highest BCUT2D eigenvalue weighted by molar-refractivity contribution is 7.17. The Kier molecular flexibility index (Phi) is 7.94. The summed E-state index contributed by atoms with van der Waals surface area (Å²) in [5.74, 6) is -2.19. The van der Waals surface area contributed by atoms with Crippen molar-refractivity contribution < 1.29 is 33.4 Å². The van der Waals surface area contributed by atoms with E-state index in [1.54, 1.807) is 48.5 Å². The predicted molar refractivity (Wildman–Crippen MR) is 136 cm³/mol. The molecule has 2 amide bonds. The molecule has 0 unspecified atom stereocenters. The molecule has 1 aliphatic rings. The second kappa shape index (κ2) is 11.5. The number of thiophene rings is 1. The number of hydrogen-bond acceptors (Lipinski definition) is 9. The number of amides is 2. The monoisotopic (exact) mass is 521 g/mol. The molecule has 0 spiro atoms. The van der Waals surface area contributed by atoms with Gasteiger partial charge < -0.3 is 19.5 Å². The van der Waals surface area contributed by atoms with Gasteiger partial charge in [0.25, 0.3) is 0 Å². The van der Waals surface area contributed by atoms with E-state index in [2.05, 4.69) is 15.8 Å². The van der Waals surface area contributed by atoms with Crippen molar-refractivity contribution in [2.24, 2.45) is 5.10 Å². The zero-order valence-electron chi connectivity index (χ0n) is 20.0. The minimum Gasteiger partial charge on any atom is -0.497 e. The minimum atomic E-state index is -1.01. The Morgan fingerprint density at radius 2 is 1.73 bits per heavy atom. The molecule has 0 fully saturated rings. The first-order chi connectivity index (χ1) is 17.9. The van der Waals surface area contributed by atoms with Crippen LogP contribution in [0.2, 0.25) is 0 Å². The molecule has 3 aromatic rings. The number of carbonyl (C=O) groups excluding carboxylic acids is 4. The van der Waals surface area contributed by atoms with Crippen molar-refractivity contribution >= 4 is 46.3 Å². The third-order valence-corrected chi connectivity index (χ3v) is 6.73. The molecule has 0 aliphatic heterocycles. The van der Waals surface area contributed by atoms with Crippen molar-refractivity contribution in [3.8, 4) is 11.5 Å². The molecule has 37 heavy (non-hydrogen) atoms. The average molecular weight is 522 g/mol. The fourth-order valence-corrected chi connectivity index (χ4v) is 5.01. The highest BCUT2D eigenvalue weighted by Gasteiger charge is 2.29. The number of rotatable bonds is 7. The topological polar surface area (TPSA) is 132 Å². The Balaban J connectivity index is 1.35. The van der Waals surface area contributed by atoms with E-state index >= 15 is 0 Å². The maximum atomic E-state index is 12.4. The van der Waals surface area contributed by atoms with Gasteiger partial charge in [0.05, 0.1) is 31.6 Å². The van der Waals surface area contributed by atoms with E-state index in [4.69, 9.17) is 14.2 Å². The molecule has 1 aliphatic carbocycles. The van der Waals surface area contributed by atoms with Crippen LogP contribution < -0.4 is 20.2 Å². The highest BCUT2D eigenvalue weighted by Crippen LogP contribution is 2.39. The quantitative estimate of drug-likeness (QED) is 0.160. The van der Waals surface area contributed by atoms with E-state index in [1.807, 2.05) is 0 Å². The number of benzene rings is 2. The van der Waals surface area contributed by atoms with E-state index in [9.17, 15) is 19.2 Å². The molecule has 0 atom stereocenters. The summed E-state index contributed by atoms with van der Waals surface area (Å²) < 4.78 is 15.3. The molecule has 190 valence electrons. The summed E-state index contributed by atoms with van der Waals surface area (Å²) in [6.07, 6.45) is 3.76. The smallest absolute Gasteiger partial charge is 0.343 e. The predicted octanol–water partition coefficient (Wildman–Crippen LogP) is 3.34. The lowest BCUT2D eigenvalue weighted by Crippen LogP contribution is -2.32. The maximum Gasteiger partial charge on any atom is 0.343 e. The van der Waals surface area contributed by atoms with Crippen LogP contribution in [0.5, 0.6) is 11.5 Å². The largest absolute Gasteiger partial charge is 0.497 e. The van der Waals surface area contributed by atoms with Gasteiger partial charge in [0, 0.05) is 4.88 Å². The second-order valence-electron chi connectivity index (χ2n) is 7.90. The van der Waals surface area contributed by atoms with Crippen molar-refractivity contribution in [3.05, 3.63) is 75.7 Å². The van der Waals surface area contributed by atoms with Gasteiger partial charge in [-0.05, 0) is 66.8 Å². The van der Waals surface area contributed by atoms with Gasteiger partial charge in [-0.3, -0.25) is 9.59 Å². The fraction of sp³-hybridized carbons (Fsp3) is 0.192. The molecule has 0 saturated carbocycles. The molecular weight excluding hydrogens is 498 g/mol. The van der Waals surface area contributed by atoms with Crippen molar-refractivity contribution in [1.82, 2.24) is 5.43 Å². The van der Waals surface area contributed by atoms with Gasteiger partial charge in [0.1, 0.15) is 16.5 Å². The number of esters is 2. The molecule has 0 bridgehead atoms. The van der Waals surface area contributed by atoms with Gasteiger partial charge in [0.2, 0.25) is 0 Å². The van der Waals surface area contributed by atoms with Gasteiger partial charge in [-0.1, -0.05) is 12.1 Å². The number of nitrogens with one attached hydrogen (secondary N) is 2. The Morgan fingerprint density at radius 3 is 2.46 bits per heavy atom. The Morgan fingerprint density at radius 1 is 0.946 bits per heavy atom. The maximum absolute atomic E-state index is 12.4. The number of aryl methyl sites for hydroxylation is 1. The highest BCUT2D eigenvalue weighted by atomic mass is 32.1. The molecule has 2 aromatic carbocycles. The SMILES string of the molecule is COC(=O)c1c(NC(=O)C(=O)NN=Cc2cccc(OC(=O)c3ccc(OC)cc3)c2)sc2c1CCC2. The summed E-state index contributed by atoms with van der Waals surface area (Å²) in [6.45, 7) is 0. The van der Waals surface area contributed by atoms with Crippen LogP contribution in [-0.4, -0.2) is 44.2 Å². The van der Waals surface area contributed by atoms with Crippen molar-refractivity contribution in [3.63, 3.8) is 0 Å². The molecule has 2 N–H and O–H groups in total. The van der Waals surface area contributed by atoms with Crippen LogP contribution in [0.15, 0.2) is 53.6 Å². The molecule has 1 aromatic heterocycles. The van der Waals surface area contributed by atoms with Gasteiger partial charge >= 0.3 is 23.8 Å². The summed E-state index contributed by atoms with van der Waals surface area (Å²) >= 11 is 1.27. The first-order valence-corrected chi connectivity index (χ1v) is 12.0.